The summed E-state index contributed by atoms with van der Waals surface area (Å²) in [7, 11) is -4.25. The normalized spacial score (nSPS) is 11.5. The van der Waals surface area contributed by atoms with Crippen molar-refractivity contribution in [2.45, 2.75) is 4.90 Å². The van der Waals surface area contributed by atoms with E-state index in [2.05, 4.69) is 4.72 Å². The molecule has 0 bridgehead atoms. The predicted octanol–water partition coefficient (Wildman–Crippen LogP) is 5.85. The molecule has 2 N–H and O–H groups in total. The van der Waals surface area contributed by atoms with Crippen LogP contribution in [0.3, 0.4) is 0 Å². The van der Waals surface area contributed by atoms with Crippen molar-refractivity contribution in [2.75, 3.05) is 4.72 Å². The van der Waals surface area contributed by atoms with Crippen LogP contribution in [0.15, 0.2) is 65.6 Å². The maximum absolute atomic E-state index is 14.3. The van der Waals surface area contributed by atoms with E-state index in [4.69, 9.17) is 0 Å². The van der Waals surface area contributed by atoms with Crippen LogP contribution in [0.1, 0.15) is 15.2 Å². The largest absolute Gasteiger partial charge is 0.503 e. The molecule has 0 atom stereocenters. The van der Waals surface area contributed by atoms with Crippen molar-refractivity contribution in [3.63, 3.8) is 0 Å². The number of hydrogen-bond acceptors (Lipinski definition) is 5. The number of thiophene rings is 1. The summed E-state index contributed by atoms with van der Waals surface area (Å²) in [5, 5.41) is 9.34. The van der Waals surface area contributed by atoms with Crippen LogP contribution in [-0.2, 0) is 10.0 Å². The average Bonchev–Trinajstić information content (AvgIpc) is 3.31. The molecule has 5 nitrogen and oxygen atoms in total. The van der Waals surface area contributed by atoms with Crippen molar-refractivity contribution in [3.8, 4) is 16.2 Å². The van der Waals surface area contributed by atoms with E-state index in [0.717, 1.165) is 47.7 Å². The lowest BCUT2D eigenvalue weighted by molar-refractivity contribution is 0.103. The van der Waals surface area contributed by atoms with Crippen LogP contribution < -0.4 is 4.72 Å². The monoisotopic (exact) mass is 525 g/mol. The van der Waals surface area contributed by atoms with E-state index in [9.17, 15) is 40.3 Å². The second-order valence-corrected chi connectivity index (χ2v) is 9.90. The number of aromatic hydroxyl groups is 1. The van der Waals surface area contributed by atoms with Gasteiger partial charge in [0.15, 0.2) is 17.4 Å². The van der Waals surface area contributed by atoms with Gasteiger partial charge in [-0.15, -0.1) is 11.3 Å². The summed E-state index contributed by atoms with van der Waals surface area (Å²) in [6.45, 7) is 0. The Bertz CT molecular complexity index is 1570. The summed E-state index contributed by atoms with van der Waals surface area (Å²) in [5.41, 5.74) is -1.04. The fourth-order valence-corrected chi connectivity index (χ4v) is 5.09. The van der Waals surface area contributed by atoms with Gasteiger partial charge in [-0.1, -0.05) is 6.07 Å². The van der Waals surface area contributed by atoms with Crippen LogP contribution in [0.4, 0.5) is 27.6 Å². The first kappa shape index (κ1) is 24.4. The molecule has 4 aromatic rings. The molecule has 0 fully saturated rings. The van der Waals surface area contributed by atoms with Gasteiger partial charge in [0, 0.05) is 4.88 Å². The van der Waals surface area contributed by atoms with E-state index >= 15 is 0 Å². The van der Waals surface area contributed by atoms with Crippen LogP contribution in [0.2, 0.25) is 0 Å². The van der Waals surface area contributed by atoms with Gasteiger partial charge < -0.3 is 5.11 Å². The maximum atomic E-state index is 14.3. The van der Waals surface area contributed by atoms with Crippen molar-refractivity contribution in [3.05, 3.63) is 100 Å². The molecule has 4 rings (SSSR count). The number of anilines is 1. The zero-order valence-electron chi connectivity index (χ0n) is 17.2. The van der Waals surface area contributed by atoms with Gasteiger partial charge in [-0.05, 0) is 60.2 Å². The third-order valence-corrected chi connectivity index (χ3v) is 7.34. The Hall–Kier alpha value is -3.77. The average molecular weight is 525 g/mol. The number of ketones is 1. The third kappa shape index (κ3) is 4.75. The Kier molecular flexibility index (Phi) is 6.34. The minimum Gasteiger partial charge on any atom is -0.503 e. The summed E-state index contributed by atoms with van der Waals surface area (Å²) in [6.07, 6.45) is 0. The number of hydrogen-bond donors (Lipinski definition) is 2. The summed E-state index contributed by atoms with van der Waals surface area (Å²) in [5.74, 6) is -9.28. The van der Waals surface area contributed by atoms with E-state index in [0.29, 0.717) is 10.9 Å². The fraction of sp³-hybridized carbons (Fsp3) is 0. The first-order chi connectivity index (χ1) is 16.5. The number of carbonyl (C=O) groups is 1. The van der Waals surface area contributed by atoms with Gasteiger partial charge >= 0.3 is 0 Å². The fourth-order valence-electron chi connectivity index (χ4n) is 3.08. The molecule has 0 unspecified atom stereocenters. The van der Waals surface area contributed by atoms with E-state index in [1.807, 2.05) is 0 Å². The molecular formula is C23H12F5NO4S2. The van der Waals surface area contributed by atoms with Crippen molar-refractivity contribution in [1.82, 2.24) is 0 Å². The van der Waals surface area contributed by atoms with Gasteiger partial charge in [-0.25, -0.2) is 26.0 Å². The first-order valence-electron chi connectivity index (χ1n) is 9.57. The van der Waals surface area contributed by atoms with Crippen LogP contribution in [-0.4, -0.2) is 19.3 Å². The minimum absolute atomic E-state index is 0.109. The van der Waals surface area contributed by atoms with Crippen LogP contribution in [0, 0.1) is 29.1 Å². The van der Waals surface area contributed by atoms with Crippen LogP contribution in [0.25, 0.3) is 10.4 Å². The van der Waals surface area contributed by atoms with E-state index in [1.165, 1.54) is 18.2 Å². The molecule has 180 valence electrons. The molecule has 1 aromatic heterocycles. The van der Waals surface area contributed by atoms with Crippen molar-refractivity contribution in [2.24, 2.45) is 0 Å². The molecule has 1 heterocycles. The van der Waals surface area contributed by atoms with Crippen molar-refractivity contribution >= 4 is 32.8 Å². The maximum Gasteiger partial charge on any atom is 0.261 e. The van der Waals surface area contributed by atoms with Gasteiger partial charge in [0.25, 0.3) is 10.0 Å². The number of rotatable bonds is 6. The van der Waals surface area contributed by atoms with E-state index in [-0.39, 0.29) is 15.3 Å². The van der Waals surface area contributed by atoms with Gasteiger partial charge in [0.05, 0.1) is 21.0 Å². The standard InChI is InChI=1S/C23H12F5NO4S2/c24-12-2-4-13(5-3-12)35(32,33)29-17-9-11(1-6-15(17)25)18-7-8-19(34-18)22(30)14-10-16(26)21(28)23(31)20(14)27/h1-10,29,31H. The van der Waals surface area contributed by atoms with E-state index < -0.39 is 61.9 Å². The summed E-state index contributed by atoms with van der Waals surface area (Å²) in [6, 6.07) is 10.3. The Labute approximate surface area is 199 Å². The molecule has 0 amide bonds. The zero-order valence-corrected chi connectivity index (χ0v) is 18.8. The topological polar surface area (TPSA) is 83.5 Å². The zero-order chi connectivity index (χ0) is 25.5. The second-order valence-electron chi connectivity index (χ2n) is 7.13. The molecule has 35 heavy (non-hydrogen) atoms. The summed E-state index contributed by atoms with van der Waals surface area (Å²) >= 11 is 0.789. The highest BCUT2D eigenvalue weighted by atomic mass is 32.2. The number of benzene rings is 3. The number of sulfonamides is 1. The lowest BCUT2D eigenvalue weighted by Gasteiger charge is -2.10. The van der Waals surface area contributed by atoms with Gasteiger partial charge in [-0.3, -0.25) is 9.52 Å². The van der Waals surface area contributed by atoms with E-state index in [1.54, 1.807) is 0 Å². The summed E-state index contributed by atoms with van der Waals surface area (Å²) < 4.78 is 95.5. The third-order valence-electron chi connectivity index (χ3n) is 4.83. The number of nitrogens with one attached hydrogen (secondary N) is 1. The Morgan fingerprint density at radius 1 is 0.829 bits per heavy atom. The van der Waals surface area contributed by atoms with Gasteiger partial charge in [0.1, 0.15) is 11.6 Å². The lowest BCUT2D eigenvalue weighted by Crippen LogP contribution is -2.14. The van der Waals surface area contributed by atoms with Crippen molar-refractivity contribution in [1.29, 1.82) is 0 Å². The molecule has 0 radical (unpaired) electrons. The second kappa shape index (κ2) is 9.12. The predicted molar refractivity (Wildman–Crippen MR) is 118 cm³/mol. The highest BCUT2D eigenvalue weighted by molar-refractivity contribution is 7.92. The highest BCUT2D eigenvalue weighted by Crippen LogP contribution is 2.34. The number of phenolic OH excluding ortho intramolecular Hbond substituents is 1. The molecule has 0 aliphatic carbocycles. The SMILES string of the molecule is O=C(c1ccc(-c2ccc(F)c(NS(=O)(=O)c3ccc(F)cc3)c2)s1)c1cc(F)c(F)c(O)c1F. The number of carbonyl (C=O) groups excluding carboxylic acids is 1. The van der Waals surface area contributed by atoms with Gasteiger partial charge in [-0.2, -0.15) is 4.39 Å². The molecule has 12 heteroatoms. The highest BCUT2D eigenvalue weighted by Gasteiger charge is 2.25. The van der Waals surface area contributed by atoms with Gasteiger partial charge in [0.2, 0.25) is 11.6 Å². The smallest absolute Gasteiger partial charge is 0.261 e. The Morgan fingerprint density at radius 3 is 2.20 bits per heavy atom. The lowest BCUT2D eigenvalue weighted by atomic mass is 10.1. The number of halogens is 5. The molecule has 3 aromatic carbocycles. The molecular weight excluding hydrogens is 513 g/mol. The minimum atomic E-state index is -4.25. The molecule has 0 saturated carbocycles. The van der Waals surface area contributed by atoms with Crippen molar-refractivity contribution < 1.29 is 40.3 Å². The quantitative estimate of drug-likeness (QED) is 0.188. The summed E-state index contributed by atoms with van der Waals surface area (Å²) in [4.78, 5) is 12.5. The first-order valence-corrected chi connectivity index (χ1v) is 11.9. The Morgan fingerprint density at radius 2 is 1.51 bits per heavy atom. The molecule has 0 aliphatic heterocycles. The van der Waals surface area contributed by atoms with Crippen LogP contribution >= 0.6 is 11.3 Å². The molecule has 0 aliphatic rings. The van der Waals surface area contributed by atoms with Crippen LogP contribution in [0.5, 0.6) is 5.75 Å². The molecule has 0 spiro atoms. The Balaban J connectivity index is 1.65. The number of phenols is 1. The molecule has 0 saturated heterocycles.